The number of ether oxygens (including phenoxy) is 1. The Kier molecular flexibility index (Phi) is 8.20. The van der Waals surface area contributed by atoms with Crippen LogP contribution >= 0.6 is 0 Å². The molecule has 1 aliphatic carbocycles. The number of para-hydroxylation sites is 1. The number of hydrogen-bond acceptors (Lipinski definition) is 4. The number of carbonyl (C=O) groups is 3. The molecule has 0 aromatic heterocycles. The zero-order valence-electron chi connectivity index (χ0n) is 21.6. The van der Waals surface area contributed by atoms with E-state index < -0.39 is 17.7 Å². The van der Waals surface area contributed by atoms with Gasteiger partial charge in [-0.1, -0.05) is 36.4 Å². The predicted octanol–water partition coefficient (Wildman–Crippen LogP) is 5.20. The van der Waals surface area contributed by atoms with E-state index in [4.69, 9.17) is 4.74 Å². The topological polar surface area (TPSA) is 87.7 Å². The highest BCUT2D eigenvalue weighted by Gasteiger charge is 2.39. The van der Waals surface area contributed by atoms with Crippen LogP contribution in [-0.2, 0) is 14.3 Å². The first-order chi connectivity index (χ1) is 16.5. The number of aryl methyl sites for hydroxylation is 2. The monoisotopic (exact) mass is 479 g/mol. The zero-order valence-corrected chi connectivity index (χ0v) is 21.6. The van der Waals surface area contributed by atoms with Crippen LogP contribution in [0.25, 0.3) is 0 Å². The van der Waals surface area contributed by atoms with Gasteiger partial charge >= 0.3 is 6.09 Å². The first-order valence-electron chi connectivity index (χ1n) is 12.2. The van der Waals surface area contributed by atoms with E-state index in [9.17, 15) is 14.4 Å². The normalized spacial score (nSPS) is 14.5. The molecule has 1 aliphatic rings. The fourth-order valence-corrected chi connectivity index (χ4v) is 4.18. The van der Waals surface area contributed by atoms with Gasteiger partial charge in [0.25, 0.3) is 5.91 Å². The molecule has 1 fully saturated rings. The lowest BCUT2D eigenvalue weighted by Gasteiger charge is -2.42. The molecule has 1 saturated carbocycles. The molecule has 0 aliphatic heterocycles. The first kappa shape index (κ1) is 26.3. The first-order valence-corrected chi connectivity index (χ1v) is 12.2. The lowest BCUT2D eigenvalue weighted by atomic mass is 9.87. The van der Waals surface area contributed by atoms with Crippen molar-refractivity contribution in [3.05, 3.63) is 64.7 Å². The molecule has 7 heteroatoms. The quantitative estimate of drug-likeness (QED) is 0.572. The summed E-state index contributed by atoms with van der Waals surface area (Å²) in [6.45, 7) is 11.0. The smallest absolute Gasteiger partial charge is 0.408 e. The number of alkyl carbamates (subject to hydrolysis) is 1. The second-order valence-electron chi connectivity index (χ2n) is 10.2. The molecule has 35 heavy (non-hydrogen) atoms. The second-order valence-corrected chi connectivity index (χ2v) is 10.2. The van der Waals surface area contributed by atoms with Gasteiger partial charge in [0.1, 0.15) is 18.2 Å². The Morgan fingerprint density at radius 1 is 1.00 bits per heavy atom. The number of nitrogens with one attached hydrogen (secondary N) is 2. The van der Waals surface area contributed by atoms with E-state index in [1.165, 1.54) is 0 Å². The minimum Gasteiger partial charge on any atom is -0.444 e. The van der Waals surface area contributed by atoms with E-state index in [1.54, 1.807) is 25.7 Å². The highest BCUT2D eigenvalue weighted by atomic mass is 16.6. The van der Waals surface area contributed by atoms with Gasteiger partial charge < -0.3 is 20.3 Å². The summed E-state index contributed by atoms with van der Waals surface area (Å²) in [5.74, 6) is -0.586. The highest BCUT2D eigenvalue weighted by Crippen LogP contribution is 2.35. The number of anilines is 1. The average molecular weight is 480 g/mol. The van der Waals surface area contributed by atoms with Crippen molar-refractivity contribution >= 4 is 23.6 Å². The molecule has 1 atom stereocenters. The van der Waals surface area contributed by atoms with Crippen LogP contribution in [0.15, 0.2) is 42.5 Å². The number of benzene rings is 2. The van der Waals surface area contributed by atoms with Crippen molar-refractivity contribution in [1.29, 1.82) is 0 Å². The maximum Gasteiger partial charge on any atom is 0.408 e. The lowest BCUT2D eigenvalue weighted by molar-refractivity contribution is -0.143. The third-order valence-corrected chi connectivity index (χ3v) is 6.41. The van der Waals surface area contributed by atoms with Crippen molar-refractivity contribution in [2.24, 2.45) is 0 Å². The molecule has 2 aromatic rings. The maximum atomic E-state index is 13.8. The van der Waals surface area contributed by atoms with Crippen molar-refractivity contribution < 1.29 is 19.1 Å². The number of hydrogen-bond donors (Lipinski definition) is 2. The minimum atomic E-state index is -0.826. The number of rotatable bonds is 7. The summed E-state index contributed by atoms with van der Waals surface area (Å²) < 4.78 is 5.29. The summed E-state index contributed by atoms with van der Waals surface area (Å²) in [4.78, 5) is 41.3. The summed E-state index contributed by atoms with van der Waals surface area (Å²) in [6.07, 6.45) is 1.97. The summed E-state index contributed by atoms with van der Waals surface area (Å²) in [5.41, 5.74) is 3.77. The number of carbonyl (C=O) groups excluding carboxylic acids is 3. The van der Waals surface area contributed by atoms with Crippen LogP contribution in [-0.4, -0.2) is 41.0 Å². The van der Waals surface area contributed by atoms with Crippen molar-refractivity contribution in [3.63, 3.8) is 0 Å². The van der Waals surface area contributed by atoms with Gasteiger partial charge in [-0.25, -0.2) is 4.79 Å². The van der Waals surface area contributed by atoms with E-state index >= 15 is 0 Å². The van der Waals surface area contributed by atoms with Gasteiger partial charge in [-0.3, -0.25) is 9.59 Å². The highest BCUT2D eigenvalue weighted by molar-refractivity contribution is 5.99. The Morgan fingerprint density at radius 3 is 2.26 bits per heavy atom. The van der Waals surface area contributed by atoms with E-state index in [1.807, 2.05) is 63.2 Å². The third-order valence-electron chi connectivity index (χ3n) is 6.41. The van der Waals surface area contributed by atoms with Crippen molar-refractivity contribution in [3.8, 4) is 0 Å². The van der Waals surface area contributed by atoms with E-state index in [0.717, 1.165) is 41.5 Å². The fourth-order valence-electron chi connectivity index (χ4n) is 4.18. The summed E-state index contributed by atoms with van der Waals surface area (Å²) in [7, 11) is 0. The van der Waals surface area contributed by atoms with E-state index in [-0.39, 0.29) is 24.4 Å². The van der Waals surface area contributed by atoms with Crippen LogP contribution in [0.5, 0.6) is 0 Å². The van der Waals surface area contributed by atoms with E-state index in [0.29, 0.717) is 5.69 Å². The van der Waals surface area contributed by atoms with Gasteiger partial charge in [0.05, 0.1) is 0 Å². The SMILES string of the molecule is Cc1ccccc1NC(=O)C(c1cccc(C)c1C)N(C(=O)CNC(=O)OC(C)(C)C)C1CCC1. The molecule has 0 spiro atoms. The number of amides is 3. The molecule has 188 valence electrons. The Hall–Kier alpha value is -3.35. The average Bonchev–Trinajstić information content (AvgIpc) is 2.73. The van der Waals surface area contributed by atoms with Crippen molar-refractivity contribution in [1.82, 2.24) is 10.2 Å². The Bertz CT molecular complexity index is 1090. The largest absolute Gasteiger partial charge is 0.444 e. The van der Waals surface area contributed by atoms with Crippen molar-refractivity contribution in [2.75, 3.05) is 11.9 Å². The van der Waals surface area contributed by atoms with Crippen molar-refractivity contribution in [2.45, 2.75) is 78.5 Å². The standard InChI is InChI=1S/C28H37N3O4/c1-18-12-9-15-22(20(18)3)25(26(33)30-23-16-8-7-11-19(23)2)31(21-13-10-14-21)24(32)17-29-27(34)35-28(4,5)6/h7-9,11-12,15-16,21,25H,10,13-14,17H2,1-6H3,(H,29,34)(H,30,33). The van der Waals surface area contributed by atoms with Gasteiger partial charge in [0.2, 0.25) is 5.91 Å². The second kappa shape index (κ2) is 10.9. The van der Waals surface area contributed by atoms with Gasteiger partial charge in [0.15, 0.2) is 0 Å². The Balaban J connectivity index is 1.95. The Morgan fingerprint density at radius 2 is 1.66 bits per heavy atom. The van der Waals surface area contributed by atoms with Crippen LogP contribution in [0.4, 0.5) is 10.5 Å². The third kappa shape index (κ3) is 6.62. The predicted molar refractivity (Wildman–Crippen MR) is 137 cm³/mol. The maximum absolute atomic E-state index is 13.8. The van der Waals surface area contributed by atoms with Crippen LogP contribution in [0.3, 0.4) is 0 Å². The molecule has 3 rings (SSSR count). The molecule has 0 heterocycles. The minimum absolute atomic E-state index is 0.0736. The van der Waals surface area contributed by atoms with Gasteiger partial charge in [-0.2, -0.15) is 0 Å². The Labute approximate surface area is 208 Å². The molecular formula is C28H37N3O4. The number of nitrogens with zero attached hydrogens (tertiary/aromatic N) is 1. The summed E-state index contributed by atoms with van der Waals surface area (Å²) in [5, 5.41) is 5.61. The van der Waals surface area contributed by atoms with Gasteiger partial charge in [-0.15, -0.1) is 0 Å². The zero-order chi connectivity index (χ0) is 25.8. The van der Waals surface area contributed by atoms with Crippen LogP contribution in [0, 0.1) is 20.8 Å². The molecule has 2 N–H and O–H groups in total. The molecular weight excluding hydrogens is 442 g/mol. The van der Waals surface area contributed by atoms with E-state index in [2.05, 4.69) is 10.6 Å². The molecule has 0 radical (unpaired) electrons. The molecule has 0 bridgehead atoms. The van der Waals surface area contributed by atoms with Gasteiger partial charge in [0, 0.05) is 11.7 Å². The fraction of sp³-hybridized carbons (Fsp3) is 0.464. The summed E-state index contributed by atoms with van der Waals surface area (Å²) in [6, 6.07) is 12.5. The molecule has 1 unspecified atom stereocenters. The summed E-state index contributed by atoms with van der Waals surface area (Å²) >= 11 is 0. The molecule has 0 saturated heterocycles. The molecule has 2 aromatic carbocycles. The van der Waals surface area contributed by atoms with Gasteiger partial charge in [-0.05, 0) is 89.1 Å². The van der Waals surface area contributed by atoms with Crippen LogP contribution in [0.2, 0.25) is 0 Å². The molecule has 7 nitrogen and oxygen atoms in total. The van der Waals surface area contributed by atoms with Crippen LogP contribution in [0.1, 0.15) is 68.3 Å². The molecule has 3 amide bonds. The lowest BCUT2D eigenvalue weighted by Crippen LogP contribution is -2.53. The van der Waals surface area contributed by atoms with Crippen LogP contribution < -0.4 is 10.6 Å².